The van der Waals surface area contributed by atoms with E-state index in [0.29, 0.717) is 5.88 Å². The molecule has 0 radical (unpaired) electrons. The van der Waals surface area contributed by atoms with Gasteiger partial charge < -0.3 is 9.88 Å². The van der Waals surface area contributed by atoms with Crippen molar-refractivity contribution in [3.63, 3.8) is 0 Å². The molecule has 1 atom stereocenters. The fraction of sp³-hybridized carbons (Fsp3) is 0.636. The van der Waals surface area contributed by atoms with Crippen molar-refractivity contribution in [2.75, 3.05) is 12.4 Å². The third-order valence-electron chi connectivity index (χ3n) is 2.38. The maximum Gasteiger partial charge on any atom is 0.224 e. The standard InChI is InChI=1S/C11H18ClN3O/c1-10(8-12)11(16)14-4-2-3-6-15-7-5-13-9-15/h5,7,9-10H,2-4,6,8H2,1H3,(H,14,16). The minimum atomic E-state index is -0.102. The van der Waals surface area contributed by atoms with Crippen LogP contribution < -0.4 is 5.32 Å². The molecule has 16 heavy (non-hydrogen) atoms. The van der Waals surface area contributed by atoms with E-state index < -0.39 is 0 Å². The zero-order valence-corrected chi connectivity index (χ0v) is 10.3. The van der Waals surface area contributed by atoms with Gasteiger partial charge in [-0.2, -0.15) is 0 Å². The maximum atomic E-state index is 11.4. The molecule has 0 aromatic carbocycles. The first kappa shape index (κ1) is 13.0. The Hall–Kier alpha value is -1.03. The largest absolute Gasteiger partial charge is 0.356 e. The lowest BCUT2D eigenvalue weighted by Gasteiger charge is -2.09. The SMILES string of the molecule is CC(CCl)C(=O)NCCCCn1ccnc1. The first-order valence-electron chi connectivity index (χ1n) is 5.53. The monoisotopic (exact) mass is 243 g/mol. The molecule has 0 saturated carbocycles. The van der Waals surface area contributed by atoms with Gasteiger partial charge in [-0.25, -0.2) is 4.98 Å². The lowest BCUT2D eigenvalue weighted by atomic mass is 10.2. The van der Waals surface area contributed by atoms with Crippen molar-refractivity contribution in [3.8, 4) is 0 Å². The summed E-state index contributed by atoms with van der Waals surface area (Å²) in [7, 11) is 0. The predicted molar refractivity (Wildman–Crippen MR) is 64.4 cm³/mol. The first-order chi connectivity index (χ1) is 7.74. The number of carbonyl (C=O) groups excluding carboxylic acids is 1. The van der Waals surface area contributed by atoms with Crippen LogP contribution in [0.2, 0.25) is 0 Å². The Labute approximate surface area is 101 Å². The summed E-state index contributed by atoms with van der Waals surface area (Å²) in [5, 5.41) is 2.87. The van der Waals surface area contributed by atoms with E-state index in [1.165, 1.54) is 0 Å². The number of hydrogen-bond acceptors (Lipinski definition) is 2. The molecule has 90 valence electrons. The van der Waals surface area contributed by atoms with E-state index in [9.17, 15) is 4.79 Å². The van der Waals surface area contributed by atoms with Gasteiger partial charge in [0.15, 0.2) is 0 Å². The van der Waals surface area contributed by atoms with E-state index in [4.69, 9.17) is 11.6 Å². The van der Waals surface area contributed by atoms with E-state index in [2.05, 4.69) is 10.3 Å². The Morgan fingerprint density at radius 2 is 2.38 bits per heavy atom. The van der Waals surface area contributed by atoms with Crippen LogP contribution in [0, 0.1) is 5.92 Å². The number of alkyl halides is 1. The van der Waals surface area contributed by atoms with Crippen LogP contribution >= 0.6 is 11.6 Å². The third kappa shape index (κ3) is 4.66. The minimum absolute atomic E-state index is 0.0395. The maximum absolute atomic E-state index is 11.4. The summed E-state index contributed by atoms with van der Waals surface area (Å²) >= 11 is 5.58. The van der Waals surface area contributed by atoms with Crippen LogP contribution in [0.15, 0.2) is 18.7 Å². The zero-order valence-electron chi connectivity index (χ0n) is 9.53. The number of nitrogens with one attached hydrogen (secondary N) is 1. The minimum Gasteiger partial charge on any atom is -0.356 e. The van der Waals surface area contributed by atoms with Crippen molar-refractivity contribution in [1.82, 2.24) is 14.9 Å². The van der Waals surface area contributed by atoms with E-state index in [-0.39, 0.29) is 11.8 Å². The highest BCUT2D eigenvalue weighted by Crippen LogP contribution is 1.98. The molecular weight excluding hydrogens is 226 g/mol. The second kappa shape index (κ2) is 7.28. The van der Waals surface area contributed by atoms with Crippen molar-refractivity contribution in [1.29, 1.82) is 0 Å². The summed E-state index contributed by atoms with van der Waals surface area (Å²) < 4.78 is 2.03. The van der Waals surface area contributed by atoms with Crippen molar-refractivity contribution in [2.24, 2.45) is 5.92 Å². The Morgan fingerprint density at radius 3 is 3.00 bits per heavy atom. The predicted octanol–water partition coefficient (Wildman–Crippen LogP) is 1.65. The first-order valence-corrected chi connectivity index (χ1v) is 6.07. The quantitative estimate of drug-likeness (QED) is 0.585. The second-order valence-electron chi connectivity index (χ2n) is 3.85. The second-order valence-corrected chi connectivity index (χ2v) is 4.16. The van der Waals surface area contributed by atoms with Crippen LogP contribution in [-0.4, -0.2) is 27.9 Å². The normalized spacial score (nSPS) is 12.4. The van der Waals surface area contributed by atoms with Gasteiger partial charge in [-0.15, -0.1) is 11.6 Å². The molecule has 5 heteroatoms. The van der Waals surface area contributed by atoms with Gasteiger partial charge >= 0.3 is 0 Å². The van der Waals surface area contributed by atoms with E-state index in [1.807, 2.05) is 17.7 Å². The van der Waals surface area contributed by atoms with Gasteiger partial charge in [0, 0.05) is 37.3 Å². The lowest BCUT2D eigenvalue weighted by molar-refractivity contribution is -0.123. The van der Waals surface area contributed by atoms with E-state index >= 15 is 0 Å². The topological polar surface area (TPSA) is 46.9 Å². The number of aryl methyl sites for hydroxylation is 1. The Kier molecular flexibility index (Phi) is 5.93. The molecule has 0 spiro atoms. The summed E-state index contributed by atoms with van der Waals surface area (Å²) in [4.78, 5) is 15.3. The molecule has 0 aliphatic rings. The Bertz CT molecular complexity index is 300. The van der Waals surface area contributed by atoms with Gasteiger partial charge in [0.2, 0.25) is 5.91 Å². The third-order valence-corrected chi connectivity index (χ3v) is 2.84. The molecule has 1 heterocycles. The molecule has 4 nitrogen and oxygen atoms in total. The van der Waals surface area contributed by atoms with Gasteiger partial charge in [-0.05, 0) is 12.8 Å². The van der Waals surface area contributed by atoms with Gasteiger partial charge in [-0.3, -0.25) is 4.79 Å². The summed E-state index contributed by atoms with van der Waals surface area (Å²) in [6, 6.07) is 0. The van der Waals surface area contributed by atoms with Crippen LogP contribution in [0.1, 0.15) is 19.8 Å². The number of amides is 1. The van der Waals surface area contributed by atoms with Crippen molar-refractivity contribution >= 4 is 17.5 Å². The number of rotatable bonds is 7. The van der Waals surface area contributed by atoms with Crippen LogP contribution in [0.4, 0.5) is 0 Å². The summed E-state index contributed by atoms with van der Waals surface area (Å²) in [6.45, 7) is 3.49. The average molecular weight is 244 g/mol. The number of unbranched alkanes of at least 4 members (excludes halogenated alkanes) is 1. The highest BCUT2D eigenvalue weighted by atomic mass is 35.5. The molecule has 0 bridgehead atoms. The molecule has 0 saturated heterocycles. The van der Waals surface area contributed by atoms with Gasteiger partial charge in [0.25, 0.3) is 0 Å². The Balaban J connectivity index is 2.02. The number of aromatic nitrogens is 2. The number of nitrogens with zero attached hydrogens (tertiary/aromatic N) is 2. The van der Waals surface area contributed by atoms with Gasteiger partial charge in [0.1, 0.15) is 0 Å². The Morgan fingerprint density at radius 1 is 1.56 bits per heavy atom. The molecule has 1 rings (SSSR count). The van der Waals surface area contributed by atoms with Crippen molar-refractivity contribution in [2.45, 2.75) is 26.3 Å². The fourth-order valence-corrected chi connectivity index (χ4v) is 1.43. The van der Waals surface area contributed by atoms with Crippen LogP contribution in [0.3, 0.4) is 0 Å². The molecule has 1 aromatic rings. The van der Waals surface area contributed by atoms with E-state index in [1.54, 1.807) is 12.5 Å². The van der Waals surface area contributed by atoms with Gasteiger partial charge in [0.05, 0.1) is 6.33 Å². The van der Waals surface area contributed by atoms with Crippen molar-refractivity contribution < 1.29 is 4.79 Å². The number of hydrogen-bond donors (Lipinski definition) is 1. The highest BCUT2D eigenvalue weighted by molar-refractivity contribution is 6.19. The van der Waals surface area contributed by atoms with E-state index in [0.717, 1.165) is 25.9 Å². The summed E-state index contributed by atoms with van der Waals surface area (Å²) in [5.74, 6) is 0.314. The lowest BCUT2D eigenvalue weighted by Crippen LogP contribution is -2.30. The number of halogens is 1. The van der Waals surface area contributed by atoms with Crippen LogP contribution in [-0.2, 0) is 11.3 Å². The van der Waals surface area contributed by atoms with Crippen LogP contribution in [0.25, 0.3) is 0 Å². The molecule has 1 amide bonds. The van der Waals surface area contributed by atoms with Crippen molar-refractivity contribution in [3.05, 3.63) is 18.7 Å². The molecule has 1 aromatic heterocycles. The highest BCUT2D eigenvalue weighted by Gasteiger charge is 2.09. The molecule has 0 fully saturated rings. The number of carbonyl (C=O) groups is 1. The summed E-state index contributed by atoms with van der Waals surface area (Å²) in [6.07, 6.45) is 7.51. The fourth-order valence-electron chi connectivity index (χ4n) is 1.29. The molecule has 1 N–H and O–H groups in total. The molecule has 1 unspecified atom stereocenters. The number of imidazole rings is 1. The van der Waals surface area contributed by atoms with Gasteiger partial charge in [-0.1, -0.05) is 6.92 Å². The average Bonchev–Trinajstić information content (AvgIpc) is 2.80. The zero-order chi connectivity index (χ0) is 11.8. The molecule has 0 aliphatic heterocycles. The van der Waals surface area contributed by atoms with Crippen LogP contribution in [0.5, 0.6) is 0 Å². The molecule has 0 aliphatic carbocycles. The molecular formula is C11H18ClN3O. The summed E-state index contributed by atoms with van der Waals surface area (Å²) in [5.41, 5.74) is 0. The smallest absolute Gasteiger partial charge is 0.224 e.